The molecule has 18 heavy (non-hydrogen) atoms. The number of nitriles is 1. The van der Waals surface area contributed by atoms with Crippen LogP contribution in [0.4, 0.5) is 0 Å². The molecular weight excluding hydrogens is 226 g/mol. The Labute approximate surface area is 108 Å². The molecule has 0 unspecified atom stereocenters. The standard InChI is InChI=1S/C14H19N3O/c1-17(2)12-5-7-13(8-6-12)18-14-11(10-15)4-3-9-16-14/h3-4,9,12-13H,5-8H2,1-2H3. The maximum Gasteiger partial charge on any atom is 0.231 e. The van der Waals surface area contributed by atoms with Crippen molar-refractivity contribution in [2.45, 2.75) is 37.8 Å². The second-order valence-corrected chi connectivity index (χ2v) is 4.98. The van der Waals surface area contributed by atoms with Crippen LogP contribution in [0.3, 0.4) is 0 Å². The van der Waals surface area contributed by atoms with E-state index in [9.17, 15) is 0 Å². The van der Waals surface area contributed by atoms with Gasteiger partial charge < -0.3 is 9.64 Å². The molecule has 0 bridgehead atoms. The van der Waals surface area contributed by atoms with Crippen molar-refractivity contribution in [1.29, 1.82) is 5.26 Å². The average molecular weight is 245 g/mol. The van der Waals surface area contributed by atoms with Gasteiger partial charge in [-0.2, -0.15) is 5.26 Å². The molecule has 0 aromatic carbocycles. The highest BCUT2D eigenvalue weighted by Gasteiger charge is 2.24. The molecule has 1 fully saturated rings. The van der Waals surface area contributed by atoms with Gasteiger partial charge in [-0.15, -0.1) is 0 Å². The Morgan fingerprint density at radius 2 is 2.06 bits per heavy atom. The molecule has 0 radical (unpaired) electrons. The second-order valence-electron chi connectivity index (χ2n) is 4.98. The Hall–Kier alpha value is -1.60. The van der Waals surface area contributed by atoms with E-state index >= 15 is 0 Å². The fourth-order valence-electron chi connectivity index (χ4n) is 2.41. The summed E-state index contributed by atoms with van der Waals surface area (Å²) in [4.78, 5) is 6.42. The largest absolute Gasteiger partial charge is 0.473 e. The van der Waals surface area contributed by atoms with E-state index in [0.29, 0.717) is 17.5 Å². The smallest absolute Gasteiger partial charge is 0.231 e. The lowest BCUT2D eigenvalue weighted by Crippen LogP contribution is -2.35. The SMILES string of the molecule is CN(C)C1CCC(Oc2ncccc2C#N)CC1. The minimum atomic E-state index is 0.197. The van der Waals surface area contributed by atoms with E-state index in [1.807, 2.05) is 0 Å². The fraction of sp³-hybridized carbons (Fsp3) is 0.571. The maximum atomic E-state index is 8.99. The van der Waals surface area contributed by atoms with Crippen molar-refractivity contribution in [3.05, 3.63) is 23.9 Å². The van der Waals surface area contributed by atoms with E-state index in [-0.39, 0.29) is 6.10 Å². The average Bonchev–Trinajstić information content (AvgIpc) is 2.40. The quantitative estimate of drug-likeness (QED) is 0.819. The number of hydrogen-bond acceptors (Lipinski definition) is 4. The first-order valence-corrected chi connectivity index (χ1v) is 6.39. The summed E-state index contributed by atoms with van der Waals surface area (Å²) in [6.45, 7) is 0. The Bertz CT molecular complexity index is 431. The number of rotatable bonds is 3. The molecule has 2 rings (SSSR count). The predicted molar refractivity (Wildman–Crippen MR) is 69.3 cm³/mol. The highest BCUT2D eigenvalue weighted by atomic mass is 16.5. The van der Waals surface area contributed by atoms with Gasteiger partial charge in [0.15, 0.2) is 0 Å². The highest BCUT2D eigenvalue weighted by Crippen LogP contribution is 2.26. The topological polar surface area (TPSA) is 49.1 Å². The minimum Gasteiger partial charge on any atom is -0.473 e. The minimum absolute atomic E-state index is 0.197. The molecule has 1 aromatic rings. The number of aromatic nitrogens is 1. The summed E-state index contributed by atoms with van der Waals surface area (Å²) in [6.07, 6.45) is 6.22. The third kappa shape index (κ3) is 2.99. The molecule has 1 saturated carbocycles. The van der Waals surface area contributed by atoms with E-state index in [1.54, 1.807) is 18.3 Å². The van der Waals surface area contributed by atoms with Gasteiger partial charge in [-0.3, -0.25) is 0 Å². The van der Waals surface area contributed by atoms with Crippen LogP contribution in [0, 0.1) is 11.3 Å². The maximum absolute atomic E-state index is 8.99. The number of ether oxygens (including phenoxy) is 1. The summed E-state index contributed by atoms with van der Waals surface area (Å²) in [5.74, 6) is 0.480. The van der Waals surface area contributed by atoms with Crippen LogP contribution in [0.2, 0.25) is 0 Å². The first-order valence-electron chi connectivity index (χ1n) is 6.39. The Morgan fingerprint density at radius 1 is 1.33 bits per heavy atom. The van der Waals surface area contributed by atoms with E-state index in [0.717, 1.165) is 25.7 Å². The van der Waals surface area contributed by atoms with Crippen LogP contribution in [0.15, 0.2) is 18.3 Å². The zero-order valence-electron chi connectivity index (χ0n) is 11.0. The molecule has 4 heteroatoms. The molecule has 1 aromatic heterocycles. The Morgan fingerprint density at radius 3 is 2.67 bits per heavy atom. The van der Waals surface area contributed by atoms with Gasteiger partial charge in [-0.1, -0.05) is 0 Å². The first-order chi connectivity index (χ1) is 8.70. The van der Waals surface area contributed by atoms with Crippen LogP contribution < -0.4 is 4.74 Å². The van der Waals surface area contributed by atoms with Gasteiger partial charge in [0.25, 0.3) is 0 Å². The van der Waals surface area contributed by atoms with E-state index in [1.165, 1.54) is 0 Å². The van der Waals surface area contributed by atoms with E-state index < -0.39 is 0 Å². The van der Waals surface area contributed by atoms with E-state index in [2.05, 4.69) is 30.0 Å². The fourth-order valence-corrected chi connectivity index (χ4v) is 2.41. The highest BCUT2D eigenvalue weighted by molar-refractivity contribution is 5.37. The molecule has 96 valence electrons. The molecule has 0 N–H and O–H groups in total. The van der Waals surface area contributed by atoms with Crippen LogP contribution in [0.5, 0.6) is 5.88 Å². The van der Waals surface area contributed by atoms with Crippen molar-refractivity contribution in [1.82, 2.24) is 9.88 Å². The van der Waals surface area contributed by atoms with Gasteiger partial charge in [-0.25, -0.2) is 4.98 Å². The van der Waals surface area contributed by atoms with E-state index in [4.69, 9.17) is 10.00 Å². The molecule has 1 heterocycles. The van der Waals surface area contributed by atoms with Crippen molar-refractivity contribution in [3.8, 4) is 11.9 Å². The lowest BCUT2D eigenvalue weighted by Gasteiger charge is -2.32. The van der Waals surface area contributed by atoms with Crippen molar-refractivity contribution in [3.63, 3.8) is 0 Å². The summed E-state index contributed by atoms with van der Waals surface area (Å²) >= 11 is 0. The molecule has 1 aliphatic carbocycles. The molecule has 0 atom stereocenters. The number of hydrogen-bond donors (Lipinski definition) is 0. The summed E-state index contributed by atoms with van der Waals surface area (Å²) in [7, 11) is 4.25. The first kappa shape index (κ1) is 12.8. The summed E-state index contributed by atoms with van der Waals surface area (Å²) in [6, 6.07) is 6.28. The number of pyridine rings is 1. The third-order valence-corrected chi connectivity index (χ3v) is 3.54. The Kier molecular flexibility index (Phi) is 4.16. The zero-order chi connectivity index (χ0) is 13.0. The lowest BCUT2D eigenvalue weighted by atomic mass is 9.92. The molecule has 0 amide bonds. The van der Waals surface area contributed by atoms with Gasteiger partial charge in [-0.05, 0) is 51.9 Å². The van der Waals surface area contributed by atoms with Gasteiger partial charge >= 0.3 is 0 Å². The molecule has 0 aliphatic heterocycles. The van der Waals surface area contributed by atoms with Crippen LogP contribution in [-0.4, -0.2) is 36.1 Å². The monoisotopic (exact) mass is 245 g/mol. The molecule has 4 nitrogen and oxygen atoms in total. The van der Waals surface area contributed by atoms with Crippen LogP contribution in [0.1, 0.15) is 31.2 Å². The lowest BCUT2D eigenvalue weighted by molar-refractivity contribution is 0.107. The molecular formula is C14H19N3O. The van der Waals surface area contributed by atoms with Crippen molar-refractivity contribution in [2.24, 2.45) is 0 Å². The summed E-state index contributed by atoms with van der Waals surface area (Å²) in [5.41, 5.74) is 0.521. The summed E-state index contributed by atoms with van der Waals surface area (Å²) < 4.78 is 5.85. The van der Waals surface area contributed by atoms with Crippen LogP contribution in [0.25, 0.3) is 0 Å². The third-order valence-electron chi connectivity index (χ3n) is 3.54. The molecule has 0 spiro atoms. The normalized spacial score (nSPS) is 23.7. The van der Waals surface area contributed by atoms with Gasteiger partial charge in [0.2, 0.25) is 5.88 Å². The molecule has 0 saturated heterocycles. The van der Waals surface area contributed by atoms with Gasteiger partial charge in [0.1, 0.15) is 17.7 Å². The van der Waals surface area contributed by atoms with Crippen molar-refractivity contribution >= 4 is 0 Å². The molecule has 1 aliphatic rings. The number of nitrogens with zero attached hydrogens (tertiary/aromatic N) is 3. The van der Waals surface area contributed by atoms with Gasteiger partial charge in [0, 0.05) is 12.2 Å². The van der Waals surface area contributed by atoms with Crippen LogP contribution >= 0.6 is 0 Å². The summed E-state index contributed by atoms with van der Waals surface area (Å²) in [5, 5.41) is 8.99. The Balaban J connectivity index is 1.94. The van der Waals surface area contributed by atoms with Gasteiger partial charge in [0.05, 0.1) is 0 Å². The van der Waals surface area contributed by atoms with Crippen molar-refractivity contribution in [2.75, 3.05) is 14.1 Å². The van der Waals surface area contributed by atoms with Crippen molar-refractivity contribution < 1.29 is 4.74 Å². The zero-order valence-corrected chi connectivity index (χ0v) is 11.0. The second kappa shape index (κ2) is 5.83. The van der Waals surface area contributed by atoms with Crippen LogP contribution in [-0.2, 0) is 0 Å². The predicted octanol–water partition coefficient (Wildman–Crippen LogP) is 2.20.